The van der Waals surface area contributed by atoms with Gasteiger partial charge in [0.2, 0.25) is 0 Å². The van der Waals surface area contributed by atoms with E-state index in [2.05, 4.69) is 9.97 Å². The number of methoxy groups -OCH3 is 1. The van der Waals surface area contributed by atoms with Crippen LogP contribution in [0.2, 0.25) is 5.02 Å². The number of halogens is 2. The highest BCUT2D eigenvalue weighted by atomic mass is 35.5. The van der Waals surface area contributed by atoms with Crippen LogP contribution in [0.25, 0.3) is 10.9 Å². The Morgan fingerprint density at radius 1 is 1.24 bits per heavy atom. The van der Waals surface area contributed by atoms with E-state index in [0.717, 1.165) is 10.5 Å². The maximum Gasteiger partial charge on any atom is 0.258 e. The second kappa shape index (κ2) is 7.21. The van der Waals surface area contributed by atoms with Crippen molar-refractivity contribution in [2.75, 3.05) is 14.2 Å². The van der Waals surface area contributed by atoms with Crippen molar-refractivity contribution in [3.05, 3.63) is 69.0 Å². The van der Waals surface area contributed by atoms with Gasteiger partial charge < -0.3 is 14.6 Å². The fourth-order valence-corrected chi connectivity index (χ4v) is 2.93. The molecule has 0 saturated heterocycles. The van der Waals surface area contributed by atoms with Crippen molar-refractivity contribution >= 4 is 22.5 Å². The molecule has 25 heavy (non-hydrogen) atoms. The molecule has 0 spiro atoms. The van der Waals surface area contributed by atoms with Crippen molar-refractivity contribution in [2.24, 2.45) is 0 Å². The Kier molecular flexibility index (Phi) is 5.01. The number of hydrogen-bond acceptors (Lipinski definition) is 3. The predicted molar refractivity (Wildman–Crippen MR) is 94.6 cm³/mol. The Hall–Kier alpha value is -2.44. The summed E-state index contributed by atoms with van der Waals surface area (Å²) in [4.78, 5) is 20.5. The largest absolute Gasteiger partial charge is 0.494 e. The summed E-state index contributed by atoms with van der Waals surface area (Å²) in [5.74, 6) is 0.393. The third-order valence-corrected chi connectivity index (χ3v) is 4.14. The van der Waals surface area contributed by atoms with E-state index in [1.165, 1.54) is 13.2 Å². The SMILES string of the molecule is COc1ccc(C[NH+](C)Cc2nc3cc(Cl)ccc3c(=O)[nH]2)cc1F. The maximum absolute atomic E-state index is 13.8. The predicted octanol–water partition coefficient (Wildman–Crippen LogP) is 1.94. The van der Waals surface area contributed by atoms with Gasteiger partial charge in [-0.25, -0.2) is 9.37 Å². The lowest BCUT2D eigenvalue weighted by atomic mass is 10.2. The molecule has 0 fully saturated rings. The molecule has 0 aliphatic rings. The van der Waals surface area contributed by atoms with Crippen LogP contribution < -0.4 is 15.2 Å². The average Bonchev–Trinajstić information content (AvgIpc) is 2.54. The third kappa shape index (κ3) is 3.97. The Bertz CT molecular complexity index is 974. The van der Waals surface area contributed by atoms with Crippen LogP contribution in [0.1, 0.15) is 11.4 Å². The molecule has 5 nitrogen and oxygen atoms in total. The van der Waals surface area contributed by atoms with Crippen molar-refractivity contribution in [1.29, 1.82) is 0 Å². The second-order valence-corrected chi connectivity index (χ2v) is 6.39. The van der Waals surface area contributed by atoms with Gasteiger partial charge in [-0.1, -0.05) is 11.6 Å². The zero-order valence-electron chi connectivity index (χ0n) is 13.9. The molecule has 0 saturated carbocycles. The van der Waals surface area contributed by atoms with E-state index in [1.54, 1.807) is 24.3 Å². The van der Waals surface area contributed by atoms with Gasteiger partial charge >= 0.3 is 0 Å². The first kappa shape index (κ1) is 17.4. The summed E-state index contributed by atoms with van der Waals surface area (Å²) in [5, 5.41) is 1.04. The van der Waals surface area contributed by atoms with E-state index in [9.17, 15) is 9.18 Å². The van der Waals surface area contributed by atoms with E-state index in [-0.39, 0.29) is 17.1 Å². The van der Waals surface area contributed by atoms with E-state index in [1.807, 2.05) is 13.1 Å². The molecule has 1 heterocycles. The van der Waals surface area contributed by atoms with Crippen molar-refractivity contribution < 1.29 is 14.0 Å². The first-order chi connectivity index (χ1) is 12.0. The smallest absolute Gasteiger partial charge is 0.258 e. The highest BCUT2D eigenvalue weighted by Crippen LogP contribution is 2.17. The summed E-state index contributed by atoms with van der Waals surface area (Å²) in [6.07, 6.45) is 0. The van der Waals surface area contributed by atoms with Gasteiger partial charge in [0.05, 0.1) is 25.1 Å². The van der Waals surface area contributed by atoms with E-state index >= 15 is 0 Å². The van der Waals surface area contributed by atoms with E-state index in [4.69, 9.17) is 16.3 Å². The summed E-state index contributed by atoms with van der Waals surface area (Å²) >= 11 is 5.97. The fourth-order valence-electron chi connectivity index (χ4n) is 2.76. The number of rotatable bonds is 5. The number of fused-ring (bicyclic) bond motifs is 1. The number of nitrogens with one attached hydrogen (secondary N) is 2. The van der Waals surface area contributed by atoms with Crippen LogP contribution in [-0.2, 0) is 13.1 Å². The molecule has 0 aliphatic heterocycles. The summed E-state index contributed by atoms with van der Waals surface area (Å²) in [6, 6.07) is 9.88. The van der Waals surface area contributed by atoms with Crippen LogP contribution in [0.3, 0.4) is 0 Å². The standard InChI is InChI=1S/C18H17ClFN3O2/c1-23(9-11-3-6-16(25-2)14(20)7-11)10-17-21-15-8-12(19)4-5-13(15)18(24)22-17/h3-8H,9-10H2,1-2H3,(H,21,22,24)/p+1. The van der Waals surface area contributed by atoms with Gasteiger partial charge in [-0.05, 0) is 36.4 Å². The minimum atomic E-state index is -0.389. The summed E-state index contributed by atoms with van der Waals surface area (Å²) in [5.41, 5.74) is 1.21. The second-order valence-electron chi connectivity index (χ2n) is 5.95. The molecule has 3 aromatic rings. The Balaban J connectivity index is 1.78. The molecule has 0 bridgehead atoms. The molecule has 0 amide bonds. The molecule has 7 heteroatoms. The molecule has 1 aromatic heterocycles. The number of H-pyrrole nitrogens is 1. The Morgan fingerprint density at radius 3 is 2.76 bits per heavy atom. The minimum absolute atomic E-state index is 0.194. The fraction of sp³-hybridized carbons (Fsp3) is 0.222. The number of aromatic nitrogens is 2. The lowest BCUT2D eigenvalue weighted by Gasteiger charge is -2.14. The number of quaternary nitrogens is 1. The molecular weight excluding hydrogens is 345 g/mol. The van der Waals surface area contributed by atoms with Crippen molar-refractivity contribution in [3.8, 4) is 5.75 Å². The van der Waals surface area contributed by atoms with Gasteiger partial charge in [0.15, 0.2) is 17.4 Å². The van der Waals surface area contributed by atoms with Gasteiger partial charge in [0.25, 0.3) is 5.56 Å². The molecule has 2 N–H and O–H groups in total. The summed E-state index contributed by atoms with van der Waals surface area (Å²) in [6.45, 7) is 1.07. The molecular formula is C18H18ClFN3O2+. The Labute approximate surface area is 149 Å². The molecule has 1 unspecified atom stereocenters. The molecule has 1 atom stereocenters. The van der Waals surface area contributed by atoms with Crippen LogP contribution >= 0.6 is 11.6 Å². The quantitative estimate of drug-likeness (QED) is 0.729. The molecule has 0 aliphatic carbocycles. The maximum atomic E-state index is 13.8. The Morgan fingerprint density at radius 2 is 2.04 bits per heavy atom. The minimum Gasteiger partial charge on any atom is -0.494 e. The van der Waals surface area contributed by atoms with Crippen molar-refractivity contribution in [3.63, 3.8) is 0 Å². The highest BCUT2D eigenvalue weighted by Gasteiger charge is 2.12. The lowest BCUT2D eigenvalue weighted by Crippen LogP contribution is -3.06. The van der Waals surface area contributed by atoms with Gasteiger partial charge in [-0.3, -0.25) is 4.79 Å². The first-order valence-electron chi connectivity index (χ1n) is 7.78. The van der Waals surface area contributed by atoms with Crippen LogP contribution in [0, 0.1) is 5.82 Å². The van der Waals surface area contributed by atoms with Gasteiger partial charge in [0, 0.05) is 10.6 Å². The number of hydrogen-bond donors (Lipinski definition) is 2. The van der Waals surface area contributed by atoms with Gasteiger partial charge in [-0.2, -0.15) is 0 Å². The van der Waals surface area contributed by atoms with Crippen molar-refractivity contribution in [2.45, 2.75) is 13.1 Å². The van der Waals surface area contributed by atoms with Crippen LogP contribution in [0.5, 0.6) is 5.75 Å². The zero-order valence-corrected chi connectivity index (χ0v) is 14.7. The molecule has 0 radical (unpaired) electrons. The van der Waals surface area contributed by atoms with Crippen molar-refractivity contribution in [1.82, 2.24) is 9.97 Å². The summed E-state index contributed by atoms with van der Waals surface area (Å²) in [7, 11) is 3.38. The first-order valence-corrected chi connectivity index (χ1v) is 8.16. The van der Waals surface area contributed by atoms with Crippen LogP contribution in [-0.4, -0.2) is 24.1 Å². The lowest BCUT2D eigenvalue weighted by molar-refractivity contribution is -0.908. The topological polar surface area (TPSA) is 59.4 Å². The average molecular weight is 363 g/mol. The number of benzene rings is 2. The van der Waals surface area contributed by atoms with Crippen LogP contribution in [0.4, 0.5) is 4.39 Å². The molecule has 3 rings (SSSR count). The van der Waals surface area contributed by atoms with Crippen LogP contribution in [0.15, 0.2) is 41.2 Å². The van der Waals surface area contributed by atoms with Gasteiger partial charge in [0.1, 0.15) is 13.1 Å². The zero-order chi connectivity index (χ0) is 18.0. The third-order valence-electron chi connectivity index (χ3n) is 3.91. The van der Waals surface area contributed by atoms with E-state index in [0.29, 0.717) is 34.8 Å². The van der Waals surface area contributed by atoms with E-state index < -0.39 is 0 Å². The summed E-state index contributed by atoms with van der Waals surface area (Å²) < 4.78 is 18.7. The number of nitrogens with zero attached hydrogens (tertiary/aromatic N) is 1. The highest BCUT2D eigenvalue weighted by molar-refractivity contribution is 6.31. The normalized spacial score (nSPS) is 12.3. The molecule has 130 valence electrons. The van der Waals surface area contributed by atoms with Gasteiger partial charge in [-0.15, -0.1) is 0 Å². The molecule has 2 aromatic carbocycles. The monoisotopic (exact) mass is 362 g/mol. The number of ether oxygens (including phenoxy) is 1. The number of aromatic amines is 1.